The molecule has 0 aromatic rings. The van der Waals surface area contributed by atoms with E-state index in [1.807, 2.05) is 0 Å². The highest BCUT2D eigenvalue weighted by atomic mass is 14.9. The van der Waals surface area contributed by atoms with Crippen molar-refractivity contribution >= 4 is 0 Å². The molecule has 0 radical (unpaired) electrons. The van der Waals surface area contributed by atoms with Crippen molar-refractivity contribution in [3.63, 3.8) is 0 Å². The molecule has 1 saturated carbocycles. The average molecular weight is 221 g/mol. The minimum Gasteiger partial charge on any atom is -0.317 e. The molecule has 92 valence electrons. The Morgan fingerprint density at radius 1 is 1.44 bits per heavy atom. The van der Waals surface area contributed by atoms with Gasteiger partial charge in [0, 0.05) is 12.5 Å². The third kappa shape index (κ3) is 3.52. The first-order valence-electron chi connectivity index (χ1n) is 6.72. The van der Waals surface area contributed by atoms with Crippen LogP contribution in [0.1, 0.15) is 58.8 Å². The SMILES string of the molecule is C#CCCCC(NC)C1CCCCC1(C)C. The Bertz CT molecular complexity index is 236. The zero-order valence-corrected chi connectivity index (χ0v) is 11.2. The van der Waals surface area contributed by atoms with Crippen LogP contribution in [0.25, 0.3) is 0 Å². The van der Waals surface area contributed by atoms with Gasteiger partial charge in [0.2, 0.25) is 0 Å². The van der Waals surface area contributed by atoms with Crippen molar-refractivity contribution in [1.29, 1.82) is 0 Å². The second-order valence-electron chi connectivity index (χ2n) is 5.83. The lowest BCUT2D eigenvalue weighted by Gasteiger charge is -2.43. The molecule has 1 aliphatic rings. The molecule has 16 heavy (non-hydrogen) atoms. The maximum atomic E-state index is 5.32. The van der Waals surface area contributed by atoms with E-state index in [-0.39, 0.29) is 0 Å². The summed E-state index contributed by atoms with van der Waals surface area (Å²) in [4.78, 5) is 0. The van der Waals surface area contributed by atoms with Gasteiger partial charge in [0.25, 0.3) is 0 Å². The minimum absolute atomic E-state index is 0.502. The Labute approximate surface area is 101 Å². The summed E-state index contributed by atoms with van der Waals surface area (Å²) < 4.78 is 0. The molecule has 1 aliphatic carbocycles. The van der Waals surface area contributed by atoms with Crippen LogP contribution in [0.4, 0.5) is 0 Å². The Kier molecular flexibility index (Phi) is 5.35. The van der Waals surface area contributed by atoms with Crippen LogP contribution in [0.2, 0.25) is 0 Å². The van der Waals surface area contributed by atoms with Gasteiger partial charge in [0.05, 0.1) is 0 Å². The summed E-state index contributed by atoms with van der Waals surface area (Å²) in [5.74, 6) is 3.57. The fourth-order valence-electron chi connectivity index (χ4n) is 3.24. The molecule has 0 saturated heterocycles. The van der Waals surface area contributed by atoms with Gasteiger partial charge in [0.1, 0.15) is 0 Å². The number of terminal acetylenes is 1. The standard InChI is InChI=1S/C15H27N/c1-5-6-7-11-14(16-4)13-10-8-9-12-15(13,2)3/h1,13-14,16H,6-12H2,2-4H3. The number of hydrogen-bond donors (Lipinski definition) is 1. The average Bonchev–Trinajstić information content (AvgIpc) is 2.25. The quantitative estimate of drug-likeness (QED) is 0.552. The number of nitrogens with one attached hydrogen (secondary N) is 1. The molecule has 0 heterocycles. The highest BCUT2D eigenvalue weighted by Crippen LogP contribution is 2.43. The molecule has 2 unspecified atom stereocenters. The maximum absolute atomic E-state index is 5.32. The normalized spacial score (nSPS) is 26.0. The molecule has 1 N–H and O–H groups in total. The van der Waals surface area contributed by atoms with Gasteiger partial charge in [-0.15, -0.1) is 12.3 Å². The summed E-state index contributed by atoms with van der Waals surface area (Å²) in [6, 6.07) is 0.656. The smallest absolute Gasteiger partial charge is 0.00977 e. The lowest BCUT2D eigenvalue weighted by Crippen LogP contribution is -2.43. The largest absolute Gasteiger partial charge is 0.317 e. The summed E-state index contributed by atoms with van der Waals surface area (Å²) in [7, 11) is 2.10. The Hall–Kier alpha value is -0.480. The third-order valence-corrected chi connectivity index (χ3v) is 4.28. The van der Waals surface area contributed by atoms with Gasteiger partial charge in [-0.1, -0.05) is 26.7 Å². The molecule has 0 spiro atoms. The first-order valence-corrected chi connectivity index (χ1v) is 6.72. The summed E-state index contributed by atoms with van der Waals surface area (Å²) in [5.41, 5.74) is 0.502. The highest BCUT2D eigenvalue weighted by Gasteiger charge is 2.36. The van der Waals surface area contributed by atoms with Crippen molar-refractivity contribution < 1.29 is 0 Å². The second kappa shape index (κ2) is 6.30. The van der Waals surface area contributed by atoms with E-state index in [2.05, 4.69) is 32.1 Å². The maximum Gasteiger partial charge on any atom is 0.00977 e. The Morgan fingerprint density at radius 3 is 2.75 bits per heavy atom. The lowest BCUT2D eigenvalue weighted by molar-refractivity contribution is 0.0971. The van der Waals surface area contributed by atoms with Crippen molar-refractivity contribution in [2.75, 3.05) is 7.05 Å². The van der Waals surface area contributed by atoms with Crippen molar-refractivity contribution in [2.24, 2.45) is 11.3 Å². The van der Waals surface area contributed by atoms with Crippen LogP contribution >= 0.6 is 0 Å². The zero-order chi connectivity index (χ0) is 12.0. The predicted molar refractivity (Wildman–Crippen MR) is 71.3 cm³/mol. The van der Waals surface area contributed by atoms with E-state index in [1.165, 1.54) is 32.1 Å². The second-order valence-corrected chi connectivity index (χ2v) is 5.83. The molecule has 1 heteroatoms. The van der Waals surface area contributed by atoms with E-state index in [1.54, 1.807) is 0 Å². The molecule has 0 bridgehead atoms. The molecule has 0 aliphatic heterocycles. The van der Waals surface area contributed by atoms with Gasteiger partial charge in [-0.05, 0) is 44.1 Å². The molecule has 2 atom stereocenters. The van der Waals surface area contributed by atoms with E-state index >= 15 is 0 Å². The van der Waals surface area contributed by atoms with Crippen LogP contribution in [-0.4, -0.2) is 13.1 Å². The van der Waals surface area contributed by atoms with Gasteiger partial charge < -0.3 is 5.32 Å². The fourth-order valence-corrected chi connectivity index (χ4v) is 3.24. The predicted octanol–water partition coefficient (Wildman–Crippen LogP) is 3.59. The zero-order valence-electron chi connectivity index (χ0n) is 11.2. The van der Waals surface area contributed by atoms with Gasteiger partial charge in [0.15, 0.2) is 0 Å². The molecular weight excluding hydrogens is 194 g/mol. The molecule has 0 amide bonds. The van der Waals surface area contributed by atoms with E-state index in [9.17, 15) is 0 Å². The number of rotatable bonds is 5. The van der Waals surface area contributed by atoms with Crippen LogP contribution in [0.5, 0.6) is 0 Å². The summed E-state index contributed by atoms with van der Waals surface area (Å²) >= 11 is 0. The first-order chi connectivity index (χ1) is 7.61. The highest BCUT2D eigenvalue weighted by molar-refractivity contribution is 4.91. The van der Waals surface area contributed by atoms with Crippen molar-refractivity contribution in [3.05, 3.63) is 0 Å². The first kappa shape index (κ1) is 13.6. The molecular formula is C15H27N. The van der Waals surface area contributed by atoms with Gasteiger partial charge in [-0.25, -0.2) is 0 Å². The lowest BCUT2D eigenvalue weighted by atomic mass is 9.65. The molecule has 0 aromatic carbocycles. The minimum atomic E-state index is 0.502. The van der Waals surface area contributed by atoms with Crippen LogP contribution in [0, 0.1) is 23.7 Å². The van der Waals surface area contributed by atoms with E-state index in [4.69, 9.17) is 6.42 Å². The van der Waals surface area contributed by atoms with Crippen LogP contribution < -0.4 is 5.32 Å². The number of hydrogen-bond acceptors (Lipinski definition) is 1. The monoisotopic (exact) mass is 221 g/mol. The summed E-state index contributed by atoms with van der Waals surface area (Å²) in [6.07, 6.45) is 14.2. The van der Waals surface area contributed by atoms with Gasteiger partial charge >= 0.3 is 0 Å². The van der Waals surface area contributed by atoms with Crippen LogP contribution in [-0.2, 0) is 0 Å². The van der Waals surface area contributed by atoms with Crippen molar-refractivity contribution in [1.82, 2.24) is 5.32 Å². The van der Waals surface area contributed by atoms with Crippen molar-refractivity contribution in [2.45, 2.75) is 64.8 Å². The topological polar surface area (TPSA) is 12.0 Å². The van der Waals surface area contributed by atoms with Crippen molar-refractivity contribution in [3.8, 4) is 12.3 Å². The Balaban J connectivity index is 2.53. The van der Waals surface area contributed by atoms with E-state index in [0.717, 1.165) is 18.8 Å². The fraction of sp³-hybridized carbons (Fsp3) is 0.867. The van der Waals surface area contributed by atoms with E-state index < -0.39 is 0 Å². The third-order valence-electron chi connectivity index (χ3n) is 4.28. The van der Waals surface area contributed by atoms with Gasteiger partial charge in [-0.3, -0.25) is 0 Å². The van der Waals surface area contributed by atoms with Crippen LogP contribution in [0.3, 0.4) is 0 Å². The number of unbranched alkanes of at least 4 members (excludes halogenated alkanes) is 1. The van der Waals surface area contributed by atoms with Crippen LogP contribution in [0.15, 0.2) is 0 Å². The van der Waals surface area contributed by atoms with Gasteiger partial charge in [-0.2, -0.15) is 0 Å². The molecule has 1 nitrogen and oxygen atoms in total. The molecule has 1 rings (SSSR count). The molecule has 1 fully saturated rings. The Morgan fingerprint density at radius 2 is 2.19 bits per heavy atom. The summed E-state index contributed by atoms with van der Waals surface area (Å²) in [5, 5.41) is 3.52. The summed E-state index contributed by atoms with van der Waals surface area (Å²) in [6.45, 7) is 4.87. The van der Waals surface area contributed by atoms with E-state index in [0.29, 0.717) is 11.5 Å². The molecule has 0 aromatic heterocycles.